The van der Waals surface area contributed by atoms with Gasteiger partial charge < -0.3 is 0 Å². The van der Waals surface area contributed by atoms with Crippen molar-refractivity contribution in [3.63, 3.8) is 0 Å². The van der Waals surface area contributed by atoms with E-state index in [1.54, 1.807) is 24.4 Å². The lowest BCUT2D eigenvalue weighted by Gasteiger charge is -2.27. The van der Waals surface area contributed by atoms with Crippen LogP contribution >= 0.6 is 0 Å². The Hall–Kier alpha value is -2.76. The van der Waals surface area contributed by atoms with Gasteiger partial charge in [-0.2, -0.15) is 0 Å². The average molecular weight is 269 g/mol. The molecule has 0 radical (unpaired) electrons. The van der Waals surface area contributed by atoms with Gasteiger partial charge >= 0.3 is 6.03 Å². The molecule has 3 rings (SSSR count). The first-order valence-electron chi connectivity index (χ1n) is 6.14. The Bertz CT molecular complexity index is 727. The van der Waals surface area contributed by atoms with Gasteiger partial charge in [0, 0.05) is 30.1 Å². The van der Waals surface area contributed by atoms with Crippen molar-refractivity contribution in [3.05, 3.63) is 36.0 Å². The smallest absolute Gasteiger partial charge is 0.298 e. The van der Waals surface area contributed by atoms with E-state index in [1.807, 2.05) is 6.07 Å². The number of benzene rings is 1. The average Bonchev–Trinajstić information content (AvgIpc) is 2.46. The molecule has 1 aromatic heterocycles. The van der Waals surface area contributed by atoms with Crippen molar-refractivity contribution < 1.29 is 14.4 Å². The Labute approximate surface area is 114 Å². The molecule has 1 saturated heterocycles. The zero-order chi connectivity index (χ0) is 14.1. The first-order valence-corrected chi connectivity index (χ1v) is 6.14. The second-order valence-electron chi connectivity index (χ2n) is 4.49. The highest BCUT2D eigenvalue weighted by Crippen LogP contribution is 2.27. The molecular weight excluding hydrogens is 258 g/mol. The molecule has 3 amide bonds. The largest absolute Gasteiger partial charge is 0.328 e. The van der Waals surface area contributed by atoms with Crippen LogP contribution < -0.4 is 10.2 Å². The van der Waals surface area contributed by atoms with Crippen LogP contribution in [0, 0.1) is 0 Å². The number of carbonyl (C=O) groups excluding carboxylic acids is 3. The van der Waals surface area contributed by atoms with E-state index in [1.165, 1.54) is 4.90 Å². The number of amides is 3. The van der Waals surface area contributed by atoms with Crippen LogP contribution in [0.2, 0.25) is 0 Å². The number of aldehydes is 1. The van der Waals surface area contributed by atoms with Gasteiger partial charge in [-0.05, 0) is 18.2 Å². The van der Waals surface area contributed by atoms with Crippen LogP contribution in [0.5, 0.6) is 0 Å². The number of nitrogens with one attached hydrogen (secondary N) is 1. The molecule has 6 heteroatoms. The molecule has 20 heavy (non-hydrogen) atoms. The fourth-order valence-electron chi connectivity index (χ4n) is 2.26. The summed E-state index contributed by atoms with van der Waals surface area (Å²) in [4.78, 5) is 39.9. The van der Waals surface area contributed by atoms with Crippen molar-refractivity contribution in [2.45, 2.75) is 6.42 Å². The van der Waals surface area contributed by atoms with Gasteiger partial charge in [0.25, 0.3) is 0 Å². The minimum Gasteiger partial charge on any atom is -0.298 e. The number of imide groups is 1. The van der Waals surface area contributed by atoms with Crippen molar-refractivity contribution in [1.82, 2.24) is 10.3 Å². The summed E-state index contributed by atoms with van der Waals surface area (Å²) in [5.74, 6) is -0.296. The van der Waals surface area contributed by atoms with Crippen LogP contribution in [0.3, 0.4) is 0 Å². The topological polar surface area (TPSA) is 79.4 Å². The summed E-state index contributed by atoms with van der Waals surface area (Å²) in [6.07, 6.45) is 2.58. The Balaban J connectivity index is 2.16. The Morgan fingerprint density at radius 3 is 2.90 bits per heavy atom. The number of carbonyl (C=O) groups is 3. The molecule has 1 N–H and O–H groups in total. The van der Waals surface area contributed by atoms with Crippen molar-refractivity contribution in [2.75, 3.05) is 11.4 Å². The molecule has 0 bridgehead atoms. The van der Waals surface area contributed by atoms with Gasteiger partial charge in [0.2, 0.25) is 5.91 Å². The molecule has 0 atom stereocenters. The molecule has 1 aliphatic rings. The summed E-state index contributed by atoms with van der Waals surface area (Å²) in [6, 6.07) is 6.42. The Kier molecular flexibility index (Phi) is 2.90. The maximum Gasteiger partial charge on any atom is 0.328 e. The molecule has 2 aromatic rings. The lowest BCUT2D eigenvalue weighted by molar-refractivity contribution is -0.120. The molecular formula is C14H11N3O3. The van der Waals surface area contributed by atoms with E-state index < -0.39 is 6.03 Å². The minimum absolute atomic E-state index is 0.228. The number of rotatable bonds is 2. The van der Waals surface area contributed by atoms with E-state index in [0.717, 1.165) is 11.7 Å². The monoisotopic (exact) mass is 269 g/mol. The maximum atomic E-state index is 11.9. The normalized spacial score (nSPS) is 15.3. The van der Waals surface area contributed by atoms with Gasteiger partial charge in [0.15, 0.2) is 0 Å². The molecule has 1 aromatic carbocycles. The number of hydrogen-bond acceptors (Lipinski definition) is 4. The van der Waals surface area contributed by atoms with Crippen LogP contribution in [-0.2, 0) is 4.79 Å². The summed E-state index contributed by atoms with van der Waals surface area (Å²) in [5.41, 5.74) is 1.63. The van der Waals surface area contributed by atoms with Gasteiger partial charge in [0.1, 0.15) is 6.29 Å². The molecule has 0 unspecified atom stereocenters. The van der Waals surface area contributed by atoms with E-state index in [9.17, 15) is 14.4 Å². The highest BCUT2D eigenvalue weighted by molar-refractivity contribution is 6.10. The Morgan fingerprint density at radius 2 is 2.15 bits per heavy atom. The number of pyridine rings is 1. The SMILES string of the molecule is O=Cc1cc(N2CCC(=O)NC2=O)c2ncccc2c1. The molecule has 100 valence electrons. The van der Waals surface area contributed by atoms with Crippen LogP contribution in [0.4, 0.5) is 10.5 Å². The van der Waals surface area contributed by atoms with E-state index in [4.69, 9.17) is 0 Å². The number of nitrogens with zero attached hydrogens (tertiary/aromatic N) is 2. The van der Waals surface area contributed by atoms with E-state index in [-0.39, 0.29) is 18.9 Å². The van der Waals surface area contributed by atoms with Gasteiger partial charge in [-0.3, -0.25) is 24.8 Å². The zero-order valence-electron chi connectivity index (χ0n) is 10.5. The first kappa shape index (κ1) is 12.3. The highest BCUT2D eigenvalue weighted by Gasteiger charge is 2.26. The van der Waals surface area contributed by atoms with E-state index in [0.29, 0.717) is 16.8 Å². The number of urea groups is 1. The van der Waals surface area contributed by atoms with Crippen molar-refractivity contribution in [2.24, 2.45) is 0 Å². The van der Waals surface area contributed by atoms with Gasteiger partial charge in [-0.1, -0.05) is 6.07 Å². The molecule has 2 heterocycles. The minimum atomic E-state index is -0.490. The summed E-state index contributed by atoms with van der Waals surface area (Å²) in [6.45, 7) is 0.276. The third-order valence-electron chi connectivity index (χ3n) is 3.19. The van der Waals surface area contributed by atoms with Gasteiger partial charge in [-0.25, -0.2) is 4.79 Å². The maximum absolute atomic E-state index is 11.9. The number of anilines is 1. The predicted molar refractivity (Wildman–Crippen MR) is 72.6 cm³/mol. The van der Waals surface area contributed by atoms with Crippen LogP contribution in [-0.4, -0.2) is 29.8 Å². The van der Waals surface area contributed by atoms with Crippen molar-refractivity contribution >= 4 is 34.8 Å². The second-order valence-corrected chi connectivity index (χ2v) is 4.49. The molecule has 0 aliphatic carbocycles. The van der Waals surface area contributed by atoms with Crippen LogP contribution in [0.15, 0.2) is 30.5 Å². The van der Waals surface area contributed by atoms with Gasteiger partial charge in [0.05, 0.1) is 11.2 Å². The number of hydrogen-bond donors (Lipinski definition) is 1. The van der Waals surface area contributed by atoms with E-state index >= 15 is 0 Å². The summed E-state index contributed by atoms with van der Waals surface area (Å²) < 4.78 is 0. The van der Waals surface area contributed by atoms with Crippen LogP contribution in [0.1, 0.15) is 16.8 Å². The molecule has 0 spiro atoms. The van der Waals surface area contributed by atoms with Gasteiger partial charge in [-0.15, -0.1) is 0 Å². The lowest BCUT2D eigenvalue weighted by Crippen LogP contribution is -2.49. The lowest BCUT2D eigenvalue weighted by atomic mass is 10.1. The summed E-state index contributed by atoms with van der Waals surface area (Å²) in [5, 5.41) is 3.04. The fourth-order valence-corrected chi connectivity index (χ4v) is 2.26. The van der Waals surface area contributed by atoms with Crippen LogP contribution in [0.25, 0.3) is 10.9 Å². The standard InChI is InChI=1S/C14H11N3O3/c18-8-9-6-10-2-1-4-15-13(10)11(7-9)17-5-3-12(19)16-14(17)20/h1-2,4,6-8H,3,5H2,(H,16,19,20). The fraction of sp³-hybridized carbons (Fsp3) is 0.143. The molecule has 1 aliphatic heterocycles. The Morgan fingerprint density at radius 1 is 1.30 bits per heavy atom. The zero-order valence-corrected chi connectivity index (χ0v) is 10.5. The quantitative estimate of drug-likeness (QED) is 0.838. The molecule has 0 saturated carbocycles. The number of fused-ring (bicyclic) bond motifs is 1. The predicted octanol–water partition coefficient (Wildman–Crippen LogP) is 1.49. The summed E-state index contributed by atoms with van der Waals surface area (Å²) >= 11 is 0. The third-order valence-corrected chi connectivity index (χ3v) is 3.19. The second kappa shape index (κ2) is 4.73. The number of aromatic nitrogens is 1. The third kappa shape index (κ3) is 2.01. The molecule has 1 fully saturated rings. The molecule has 6 nitrogen and oxygen atoms in total. The summed E-state index contributed by atoms with van der Waals surface area (Å²) in [7, 11) is 0. The van der Waals surface area contributed by atoms with Crippen molar-refractivity contribution in [1.29, 1.82) is 0 Å². The highest BCUT2D eigenvalue weighted by atomic mass is 16.2. The van der Waals surface area contributed by atoms with E-state index in [2.05, 4.69) is 10.3 Å². The van der Waals surface area contributed by atoms with Crippen molar-refractivity contribution in [3.8, 4) is 0 Å². The first-order chi connectivity index (χ1) is 9.69.